The maximum atomic E-state index is 14.7. The third-order valence-corrected chi connectivity index (χ3v) is 10.8. The van der Waals surface area contributed by atoms with E-state index in [-0.39, 0.29) is 65.2 Å². The minimum Gasteiger partial charge on any atom is -0.507 e. The van der Waals surface area contributed by atoms with Crippen LogP contribution in [0.5, 0.6) is 17.2 Å². The third kappa shape index (κ3) is 9.49. The Labute approximate surface area is 337 Å². The van der Waals surface area contributed by atoms with Crippen molar-refractivity contribution in [2.24, 2.45) is 0 Å². The first kappa shape index (κ1) is 44.5. The summed E-state index contributed by atoms with van der Waals surface area (Å²) in [7, 11) is 0. The Kier molecular flexibility index (Phi) is 11.6. The zero-order valence-electron chi connectivity index (χ0n) is 37.8. The SMILES string of the molecule is CC(C)(C)c1cc(CN2CN(Cc3cc(C(C)(C)C)c(O)c(C(C)(C)C)c3)C(=O)N(Cc3cc(C(C)(C)C)c(O)c(C(C)(C)C)c3)C2=O)cc(C(C)(C)C)c1O. The van der Waals surface area contributed by atoms with Gasteiger partial charge in [0, 0.05) is 13.1 Å². The average Bonchev–Trinajstić information content (AvgIpc) is 3.00. The Hall–Kier alpha value is -4.20. The molecule has 0 atom stereocenters. The van der Waals surface area contributed by atoms with Crippen molar-refractivity contribution >= 4 is 12.1 Å². The van der Waals surface area contributed by atoms with Gasteiger partial charge < -0.3 is 25.1 Å². The first-order valence-corrected chi connectivity index (χ1v) is 20.1. The molecular formula is C48H71N3O5. The number of carbonyl (C=O) groups is 2. The van der Waals surface area contributed by atoms with Crippen LogP contribution in [0.1, 0.15) is 175 Å². The van der Waals surface area contributed by atoms with Crippen molar-refractivity contribution in [1.82, 2.24) is 14.7 Å². The number of urea groups is 2. The van der Waals surface area contributed by atoms with Crippen molar-refractivity contribution in [2.45, 2.75) is 177 Å². The molecule has 308 valence electrons. The van der Waals surface area contributed by atoms with Crippen molar-refractivity contribution in [3.05, 3.63) is 86.5 Å². The van der Waals surface area contributed by atoms with E-state index in [0.29, 0.717) is 0 Å². The van der Waals surface area contributed by atoms with E-state index in [9.17, 15) is 24.9 Å². The normalized spacial score (nSPS) is 15.3. The molecule has 0 bridgehead atoms. The summed E-state index contributed by atoms with van der Waals surface area (Å²) in [5, 5.41) is 34.4. The number of amides is 4. The lowest BCUT2D eigenvalue weighted by Crippen LogP contribution is -2.59. The average molecular weight is 770 g/mol. The van der Waals surface area contributed by atoms with Crippen LogP contribution in [-0.2, 0) is 52.1 Å². The van der Waals surface area contributed by atoms with Gasteiger partial charge in [0.05, 0.1) is 13.2 Å². The number of hydrogen-bond donors (Lipinski definition) is 3. The summed E-state index contributed by atoms with van der Waals surface area (Å²) < 4.78 is 0. The lowest BCUT2D eigenvalue weighted by atomic mass is 9.78. The van der Waals surface area contributed by atoms with E-state index in [1.54, 1.807) is 9.80 Å². The van der Waals surface area contributed by atoms with Gasteiger partial charge in [0.1, 0.15) is 17.2 Å². The second-order valence-corrected chi connectivity index (χ2v) is 22.3. The van der Waals surface area contributed by atoms with Crippen LogP contribution in [0, 0.1) is 0 Å². The number of phenols is 3. The minimum absolute atomic E-state index is 0.0171. The fourth-order valence-electron chi connectivity index (χ4n) is 7.53. The van der Waals surface area contributed by atoms with Gasteiger partial charge in [-0.15, -0.1) is 0 Å². The molecule has 0 aliphatic carbocycles. The van der Waals surface area contributed by atoms with E-state index in [1.165, 1.54) is 4.90 Å². The van der Waals surface area contributed by atoms with Gasteiger partial charge in [0.25, 0.3) is 0 Å². The molecule has 1 aliphatic heterocycles. The molecule has 3 aromatic carbocycles. The van der Waals surface area contributed by atoms with Gasteiger partial charge in [0.2, 0.25) is 0 Å². The maximum Gasteiger partial charge on any atom is 0.330 e. The molecule has 4 amide bonds. The highest BCUT2D eigenvalue weighted by Crippen LogP contribution is 2.43. The lowest BCUT2D eigenvalue weighted by Gasteiger charge is -2.42. The second kappa shape index (κ2) is 14.6. The van der Waals surface area contributed by atoms with Crippen LogP contribution >= 0.6 is 0 Å². The van der Waals surface area contributed by atoms with Crippen molar-refractivity contribution in [3.8, 4) is 17.2 Å². The Morgan fingerprint density at radius 2 is 0.589 bits per heavy atom. The van der Waals surface area contributed by atoms with Crippen molar-refractivity contribution in [3.63, 3.8) is 0 Å². The van der Waals surface area contributed by atoms with Crippen molar-refractivity contribution in [1.29, 1.82) is 0 Å². The van der Waals surface area contributed by atoms with Gasteiger partial charge >= 0.3 is 12.1 Å². The Balaban J connectivity index is 1.91. The number of rotatable bonds is 6. The monoisotopic (exact) mass is 770 g/mol. The number of phenolic OH excluding ortho intramolecular Hbond substituents is 3. The molecular weight excluding hydrogens is 699 g/mol. The van der Waals surface area contributed by atoms with Crippen LogP contribution in [0.15, 0.2) is 36.4 Å². The van der Waals surface area contributed by atoms with E-state index in [2.05, 4.69) is 83.1 Å². The molecule has 0 saturated carbocycles. The summed E-state index contributed by atoms with van der Waals surface area (Å²) in [6.07, 6.45) is 0. The number of benzene rings is 3. The van der Waals surface area contributed by atoms with E-state index >= 15 is 0 Å². The summed E-state index contributed by atoms with van der Waals surface area (Å²) in [5.41, 5.74) is 4.99. The maximum absolute atomic E-state index is 14.7. The Bertz CT molecular complexity index is 1780. The first-order chi connectivity index (χ1) is 25.1. The predicted molar refractivity (Wildman–Crippen MR) is 229 cm³/mol. The highest BCUT2D eigenvalue weighted by molar-refractivity contribution is 5.95. The van der Waals surface area contributed by atoms with Crippen molar-refractivity contribution in [2.75, 3.05) is 6.67 Å². The van der Waals surface area contributed by atoms with Crippen LogP contribution in [0.25, 0.3) is 0 Å². The molecule has 3 N–H and O–H groups in total. The molecule has 1 aliphatic rings. The zero-order chi connectivity index (χ0) is 42.9. The van der Waals surface area contributed by atoms with Gasteiger partial charge in [-0.2, -0.15) is 0 Å². The van der Waals surface area contributed by atoms with Gasteiger partial charge in [-0.05, 0) is 119 Å². The third-order valence-electron chi connectivity index (χ3n) is 10.8. The number of hydrogen-bond acceptors (Lipinski definition) is 5. The smallest absolute Gasteiger partial charge is 0.330 e. The summed E-state index contributed by atoms with van der Waals surface area (Å²) in [4.78, 5) is 34.1. The highest BCUT2D eigenvalue weighted by Gasteiger charge is 2.39. The standard InChI is InChI=1S/C48H71N3O5/c1-43(2,3)32-19-29(20-33(38(32)52)44(4,5)6)25-49-28-50(26-30-21-34(45(7,8)9)39(53)35(22-30)46(10,11)12)42(56)51(41(49)55)27-31-23-36(47(13,14)15)40(54)37(24-31)48(16,17)18/h19-24,52-54H,25-28H2,1-18H3. The minimum atomic E-state index is -0.409. The number of carbonyl (C=O) groups excluding carboxylic acids is 2. The number of nitrogens with zero attached hydrogens (tertiary/aromatic N) is 3. The molecule has 8 nitrogen and oxygen atoms in total. The van der Waals surface area contributed by atoms with Gasteiger partial charge in [-0.1, -0.05) is 125 Å². The fraction of sp³-hybridized carbons (Fsp3) is 0.583. The summed E-state index contributed by atoms with van der Waals surface area (Å²) in [5.74, 6) is 0.775. The second-order valence-electron chi connectivity index (χ2n) is 22.3. The zero-order valence-corrected chi connectivity index (χ0v) is 37.8. The molecule has 1 heterocycles. The summed E-state index contributed by atoms with van der Waals surface area (Å²) in [6.45, 7) is 37.6. The lowest BCUT2D eigenvalue weighted by molar-refractivity contribution is 0.0697. The van der Waals surface area contributed by atoms with Gasteiger partial charge in [0.15, 0.2) is 0 Å². The molecule has 3 aromatic rings. The quantitative estimate of drug-likeness (QED) is 0.232. The van der Waals surface area contributed by atoms with E-state index in [1.807, 2.05) is 77.9 Å². The summed E-state index contributed by atoms with van der Waals surface area (Å²) >= 11 is 0. The topological polar surface area (TPSA) is 105 Å². The van der Waals surface area contributed by atoms with E-state index in [0.717, 1.165) is 50.1 Å². The molecule has 0 spiro atoms. The fourth-order valence-corrected chi connectivity index (χ4v) is 7.53. The number of aromatic hydroxyl groups is 3. The Morgan fingerprint density at radius 3 is 0.786 bits per heavy atom. The van der Waals surface area contributed by atoms with Crippen LogP contribution in [0.3, 0.4) is 0 Å². The molecule has 1 saturated heterocycles. The predicted octanol–water partition coefficient (Wildman–Crippen LogP) is 11.6. The largest absolute Gasteiger partial charge is 0.507 e. The molecule has 0 radical (unpaired) electrons. The van der Waals surface area contributed by atoms with Crippen LogP contribution in [0.2, 0.25) is 0 Å². The first-order valence-electron chi connectivity index (χ1n) is 20.1. The van der Waals surface area contributed by atoms with Gasteiger partial charge in [-0.3, -0.25) is 0 Å². The molecule has 8 heteroatoms. The molecule has 56 heavy (non-hydrogen) atoms. The Morgan fingerprint density at radius 1 is 0.393 bits per heavy atom. The number of imide groups is 1. The highest BCUT2D eigenvalue weighted by atomic mass is 16.3. The van der Waals surface area contributed by atoms with Gasteiger partial charge in [-0.25, -0.2) is 14.5 Å². The van der Waals surface area contributed by atoms with E-state index < -0.39 is 22.9 Å². The summed E-state index contributed by atoms with van der Waals surface area (Å²) in [6, 6.07) is 11.0. The molecule has 0 aromatic heterocycles. The van der Waals surface area contributed by atoms with Crippen molar-refractivity contribution < 1.29 is 24.9 Å². The molecule has 0 unspecified atom stereocenters. The van der Waals surface area contributed by atoms with E-state index in [4.69, 9.17) is 0 Å². The van der Waals surface area contributed by atoms with Crippen LogP contribution in [-0.4, -0.2) is 48.8 Å². The molecule has 1 fully saturated rings. The van der Waals surface area contributed by atoms with Crippen LogP contribution in [0.4, 0.5) is 9.59 Å². The van der Waals surface area contributed by atoms with Crippen LogP contribution < -0.4 is 0 Å². The molecule has 4 rings (SSSR count).